The molecule has 23 heavy (non-hydrogen) atoms. The average molecular weight is 354 g/mol. The van der Waals surface area contributed by atoms with E-state index in [1.165, 1.54) is 0 Å². The van der Waals surface area contributed by atoms with E-state index < -0.39 is 0 Å². The normalized spacial score (nSPS) is 10.3. The number of amides is 1. The minimum Gasteiger partial charge on any atom is -0.497 e. The number of hydrogen-bond donors (Lipinski definition) is 0. The van der Waals surface area contributed by atoms with Crippen LogP contribution in [0.3, 0.4) is 0 Å². The van der Waals surface area contributed by atoms with Crippen molar-refractivity contribution in [2.24, 2.45) is 0 Å². The second-order valence-electron chi connectivity index (χ2n) is 4.96. The minimum absolute atomic E-state index is 0.0893. The molecule has 0 spiro atoms. The highest BCUT2D eigenvalue weighted by atomic mass is 35.5. The first kappa shape index (κ1) is 17.4. The number of halogens is 2. The molecule has 0 fully saturated rings. The molecule has 1 amide bonds. The van der Waals surface area contributed by atoms with Gasteiger partial charge in [0.05, 0.1) is 12.1 Å². The molecule has 0 aliphatic heterocycles. The molecule has 2 rings (SSSR count). The summed E-state index contributed by atoms with van der Waals surface area (Å²) in [5.41, 5.74) is 1.01. The van der Waals surface area contributed by atoms with Crippen LogP contribution >= 0.6 is 23.2 Å². The van der Waals surface area contributed by atoms with Gasteiger partial charge in [-0.1, -0.05) is 35.3 Å². The van der Waals surface area contributed by atoms with Crippen LogP contribution in [-0.4, -0.2) is 31.6 Å². The molecule has 0 N–H and O–H groups in total. The van der Waals surface area contributed by atoms with Gasteiger partial charge < -0.3 is 14.4 Å². The van der Waals surface area contributed by atoms with Crippen molar-refractivity contribution in [2.75, 3.05) is 20.8 Å². The molecule has 0 radical (unpaired) electrons. The Balaban J connectivity index is 1.89. The molecule has 122 valence electrons. The number of ether oxygens (including phenoxy) is 2. The van der Waals surface area contributed by atoms with Gasteiger partial charge in [0, 0.05) is 18.6 Å². The van der Waals surface area contributed by atoms with Crippen LogP contribution in [0.15, 0.2) is 42.5 Å². The third kappa shape index (κ3) is 5.05. The molecule has 0 saturated carbocycles. The summed E-state index contributed by atoms with van der Waals surface area (Å²) < 4.78 is 10.6. The monoisotopic (exact) mass is 353 g/mol. The summed E-state index contributed by atoms with van der Waals surface area (Å²) in [5, 5.41) is 0.897. The van der Waals surface area contributed by atoms with E-state index in [1.807, 2.05) is 24.3 Å². The average Bonchev–Trinajstić information content (AvgIpc) is 2.54. The molecule has 4 nitrogen and oxygen atoms in total. The maximum absolute atomic E-state index is 12.1. The number of rotatable bonds is 6. The fourth-order valence-corrected chi connectivity index (χ4v) is 2.40. The quantitative estimate of drug-likeness (QED) is 0.786. The van der Waals surface area contributed by atoms with E-state index in [9.17, 15) is 4.79 Å². The molecular formula is C17H17Cl2NO3. The summed E-state index contributed by atoms with van der Waals surface area (Å²) >= 11 is 11.8. The molecule has 2 aromatic rings. The number of nitrogens with zero attached hydrogens (tertiary/aromatic N) is 1. The smallest absolute Gasteiger partial charge is 0.260 e. The number of methoxy groups -OCH3 is 1. The van der Waals surface area contributed by atoms with Crippen LogP contribution in [0.25, 0.3) is 0 Å². The van der Waals surface area contributed by atoms with E-state index in [0.29, 0.717) is 22.3 Å². The zero-order chi connectivity index (χ0) is 16.8. The topological polar surface area (TPSA) is 38.8 Å². The number of benzene rings is 2. The van der Waals surface area contributed by atoms with E-state index in [1.54, 1.807) is 37.3 Å². The molecular weight excluding hydrogens is 337 g/mol. The predicted molar refractivity (Wildman–Crippen MR) is 91.4 cm³/mol. The van der Waals surface area contributed by atoms with Gasteiger partial charge in [0.1, 0.15) is 11.5 Å². The Morgan fingerprint density at radius 1 is 1.13 bits per heavy atom. The second kappa shape index (κ2) is 8.09. The first-order valence-corrected chi connectivity index (χ1v) is 7.70. The van der Waals surface area contributed by atoms with Gasteiger partial charge in [0.2, 0.25) is 0 Å². The van der Waals surface area contributed by atoms with Gasteiger partial charge in [0.15, 0.2) is 6.61 Å². The summed E-state index contributed by atoms with van der Waals surface area (Å²) in [6.45, 7) is 0.397. The molecule has 6 heteroatoms. The highest BCUT2D eigenvalue weighted by Crippen LogP contribution is 2.27. The van der Waals surface area contributed by atoms with Gasteiger partial charge in [0.25, 0.3) is 5.91 Å². The Bertz CT molecular complexity index is 674. The van der Waals surface area contributed by atoms with Crippen molar-refractivity contribution >= 4 is 29.1 Å². The zero-order valence-corrected chi connectivity index (χ0v) is 14.4. The van der Waals surface area contributed by atoms with Crippen molar-refractivity contribution in [1.29, 1.82) is 0 Å². The minimum atomic E-state index is -0.146. The zero-order valence-electron chi connectivity index (χ0n) is 12.9. The van der Waals surface area contributed by atoms with E-state index in [4.69, 9.17) is 32.7 Å². The number of carbonyl (C=O) groups is 1. The standard InChI is InChI=1S/C17H17Cl2NO3/c1-20(10-12-3-6-14(22-2)7-4-12)17(21)11-23-16-8-5-13(18)9-15(16)19/h3-9H,10-11H2,1-2H3. The van der Waals surface area contributed by atoms with Gasteiger partial charge in [-0.2, -0.15) is 0 Å². The maximum atomic E-state index is 12.1. The molecule has 0 aliphatic carbocycles. The van der Waals surface area contributed by atoms with E-state index in [2.05, 4.69) is 0 Å². The summed E-state index contributed by atoms with van der Waals surface area (Å²) in [6, 6.07) is 12.4. The SMILES string of the molecule is COc1ccc(CN(C)C(=O)COc2ccc(Cl)cc2Cl)cc1. The molecule has 0 aromatic heterocycles. The first-order valence-electron chi connectivity index (χ1n) is 6.94. The van der Waals surface area contributed by atoms with Crippen molar-refractivity contribution in [3.8, 4) is 11.5 Å². The molecule has 0 bridgehead atoms. The largest absolute Gasteiger partial charge is 0.497 e. The number of carbonyl (C=O) groups excluding carboxylic acids is 1. The van der Waals surface area contributed by atoms with Crippen molar-refractivity contribution in [1.82, 2.24) is 4.90 Å². The Labute approximate surface area is 145 Å². The first-order chi connectivity index (χ1) is 11.0. The lowest BCUT2D eigenvalue weighted by Gasteiger charge is -2.18. The van der Waals surface area contributed by atoms with Crippen molar-refractivity contribution in [2.45, 2.75) is 6.54 Å². The highest BCUT2D eigenvalue weighted by Gasteiger charge is 2.11. The fourth-order valence-electron chi connectivity index (χ4n) is 1.93. The lowest BCUT2D eigenvalue weighted by Crippen LogP contribution is -2.30. The predicted octanol–water partition coefficient (Wildman–Crippen LogP) is 4.04. The number of hydrogen-bond acceptors (Lipinski definition) is 3. The Morgan fingerprint density at radius 2 is 1.83 bits per heavy atom. The van der Waals surface area contributed by atoms with Crippen molar-refractivity contribution < 1.29 is 14.3 Å². The van der Waals surface area contributed by atoms with E-state index >= 15 is 0 Å². The van der Waals surface area contributed by atoms with Crippen LogP contribution in [0.5, 0.6) is 11.5 Å². The number of likely N-dealkylation sites (N-methyl/N-ethyl adjacent to an activating group) is 1. The van der Waals surface area contributed by atoms with Gasteiger partial charge in [-0.15, -0.1) is 0 Å². The van der Waals surface area contributed by atoms with Crippen LogP contribution in [0.1, 0.15) is 5.56 Å². The summed E-state index contributed by atoms with van der Waals surface area (Å²) in [6.07, 6.45) is 0. The molecule has 0 aliphatic rings. The second-order valence-corrected chi connectivity index (χ2v) is 5.80. The summed E-state index contributed by atoms with van der Waals surface area (Å²) in [7, 11) is 3.34. The Morgan fingerprint density at radius 3 is 2.43 bits per heavy atom. The fraction of sp³-hybridized carbons (Fsp3) is 0.235. The van der Waals surface area contributed by atoms with Crippen molar-refractivity contribution in [3.63, 3.8) is 0 Å². The summed E-state index contributed by atoms with van der Waals surface area (Å²) in [4.78, 5) is 13.7. The van der Waals surface area contributed by atoms with Crippen LogP contribution in [0.4, 0.5) is 0 Å². The molecule has 0 saturated heterocycles. The van der Waals surface area contributed by atoms with E-state index in [0.717, 1.165) is 11.3 Å². The molecule has 0 unspecified atom stereocenters. The van der Waals surface area contributed by atoms with Gasteiger partial charge >= 0.3 is 0 Å². The van der Waals surface area contributed by atoms with Gasteiger partial charge in [-0.05, 0) is 35.9 Å². The Hall–Kier alpha value is -1.91. The van der Waals surface area contributed by atoms with Crippen LogP contribution in [0, 0.1) is 0 Å². The third-order valence-electron chi connectivity index (χ3n) is 3.25. The maximum Gasteiger partial charge on any atom is 0.260 e. The van der Waals surface area contributed by atoms with Gasteiger partial charge in [-0.3, -0.25) is 4.79 Å². The third-order valence-corrected chi connectivity index (χ3v) is 3.78. The summed E-state index contributed by atoms with van der Waals surface area (Å²) in [5.74, 6) is 1.07. The highest BCUT2D eigenvalue weighted by molar-refractivity contribution is 6.35. The van der Waals surface area contributed by atoms with Crippen LogP contribution < -0.4 is 9.47 Å². The Kier molecular flexibility index (Phi) is 6.13. The molecule has 2 aromatic carbocycles. The van der Waals surface area contributed by atoms with Crippen LogP contribution in [-0.2, 0) is 11.3 Å². The lowest BCUT2D eigenvalue weighted by atomic mass is 10.2. The van der Waals surface area contributed by atoms with Crippen molar-refractivity contribution in [3.05, 3.63) is 58.1 Å². The van der Waals surface area contributed by atoms with Crippen LogP contribution in [0.2, 0.25) is 10.0 Å². The van der Waals surface area contributed by atoms with E-state index in [-0.39, 0.29) is 12.5 Å². The lowest BCUT2D eigenvalue weighted by molar-refractivity contribution is -0.132. The molecule has 0 heterocycles. The van der Waals surface area contributed by atoms with Gasteiger partial charge in [-0.25, -0.2) is 0 Å². The molecule has 0 atom stereocenters.